The molecule has 1 unspecified atom stereocenters. The van der Waals surface area contributed by atoms with Gasteiger partial charge in [-0.05, 0) is 54.9 Å². The maximum Gasteiger partial charge on any atom is 0.119 e. The van der Waals surface area contributed by atoms with E-state index in [4.69, 9.17) is 4.74 Å². The summed E-state index contributed by atoms with van der Waals surface area (Å²) in [7, 11) is 0. The Morgan fingerprint density at radius 2 is 1.89 bits per heavy atom. The quantitative estimate of drug-likeness (QED) is 0.616. The molecule has 0 aliphatic heterocycles. The number of unbranched alkanes of at least 4 members (excludes halogenated alkanes) is 1. The predicted molar refractivity (Wildman–Crippen MR) is 79.2 cm³/mol. The van der Waals surface area contributed by atoms with E-state index in [1.54, 1.807) is 0 Å². The third-order valence-electron chi connectivity index (χ3n) is 2.97. The number of hydrogen-bond donors (Lipinski definition) is 0. The molecule has 1 aromatic rings. The topological polar surface area (TPSA) is 9.23 Å². The molecular formula is C17H27O. The minimum Gasteiger partial charge on any atom is -0.494 e. The van der Waals surface area contributed by atoms with Gasteiger partial charge in [0.15, 0.2) is 0 Å². The molecule has 0 aliphatic rings. The van der Waals surface area contributed by atoms with Crippen LogP contribution in [0.25, 0.3) is 0 Å². The van der Waals surface area contributed by atoms with E-state index in [1.165, 1.54) is 17.5 Å². The Kier molecular flexibility index (Phi) is 6.24. The second-order valence-corrected chi connectivity index (χ2v) is 5.61. The molecule has 0 saturated heterocycles. The van der Waals surface area contributed by atoms with Crippen molar-refractivity contribution >= 4 is 0 Å². The summed E-state index contributed by atoms with van der Waals surface area (Å²) < 4.78 is 5.83. The third kappa shape index (κ3) is 5.12. The highest BCUT2D eigenvalue weighted by molar-refractivity contribution is 5.36. The molecule has 101 valence electrons. The molecule has 0 bridgehead atoms. The van der Waals surface area contributed by atoms with Crippen LogP contribution in [0.1, 0.15) is 57.6 Å². The van der Waals surface area contributed by atoms with Gasteiger partial charge in [-0.3, -0.25) is 0 Å². The van der Waals surface area contributed by atoms with Crippen molar-refractivity contribution in [1.29, 1.82) is 0 Å². The average molecular weight is 247 g/mol. The van der Waals surface area contributed by atoms with Crippen molar-refractivity contribution in [1.82, 2.24) is 0 Å². The standard InChI is InChI=1S/C17H27O/c1-6-7-8-18-17-11-15(9-13(2)3)10-16(12-17)14(4)5/h10-14H,4,6-9H2,1-3,5H3. The van der Waals surface area contributed by atoms with Crippen LogP contribution in [0.5, 0.6) is 5.75 Å². The lowest BCUT2D eigenvalue weighted by molar-refractivity contribution is 0.308. The highest BCUT2D eigenvalue weighted by Gasteiger charge is 2.07. The Labute approximate surface area is 113 Å². The minimum atomic E-state index is 0.311. The van der Waals surface area contributed by atoms with Gasteiger partial charge in [-0.2, -0.15) is 0 Å². The van der Waals surface area contributed by atoms with Crippen molar-refractivity contribution in [3.05, 3.63) is 36.2 Å². The Morgan fingerprint density at radius 1 is 1.17 bits per heavy atom. The normalized spacial score (nSPS) is 11.3. The van der Waals surface area contributed by atoms with Crippen LogP contribution in [-0.4, -0.2) is 6.61 Å². The van der Waals surface area contributed by atoms with Crippen LogP contribution in [0, 0.1) is 12.8 Å². The summed E-state index contributed by atoms with van der Waals surface area (Å²) in [5.41, 5.74) is 2.64. The van der Waals surface area contributed by atoms with Gasteiger partial charge in [-0.1, -0.05) is 40.2 Å². The molecule has 1 aromatic carbocycles. The zero-order valence-corrected chi connectivity index (χ0v) is 12.3. The molecule has 0 fully saturated rings. The SMILES string of the molecule is [CH2]C(C)c1cc(CC(C)C)cc(OCCCC)c1. The first-order valence-electron chi connectivity index (χ1n) is 7.12. The molecule has 0 N–H and O–H groups in total. The van der Waals surface area contributed by atoms with Crippen molar-refractivity contribution in [3.8, 4) is 5.75 Å². The summed E-state index contributed by atoms with van der Waals surface area (Å²) in [6.45, 7) is 13.7. The molecule has 1 nitrogen and oxygen atoms in total. The largest absolute Gasteiger partial charge is 0.494 e. The van der Waals surface area contributed by atoms with Gasteiger partial charge in [0.1, 0.15) is 5.75 Å². The first kappa shape index (κ1) is 15.1. The van der Waals surface area contributed by atoms with Crippen LogP contribution in [0.2, 0.25) is 0 Å². The summed E-state index contributed by atoms with van der Waals surface area (Å²) in [5.74, 6) is 1.99. The van der Waals surface area contributed by atoms with Crippen LogP contribution in [0.4, 0.5) is 0 Å². The van der Waals surface area contributed by atoms with Gasteiger partial charge >= 0.3 is 0 Å². The number of ether oxygens (including phenoxy) is 1. The van der Waals surface area contributed by atoms with Gasteiger partial charge in [-0.25, -0.2) is 0 Å². The van der Waals surface area contributed by atoms with Crippen molar-refractivity contribution in [2.24, 2.45) is 5.92 Å². The first-order valence-corrected chi connectivity index (χ1v) is 7.12. The van der Waals surface area contributed by atoms with Crippen LogP contribution < -0.4 is 4.74 Å². The number of hydrogen-bond acceptors (Lipinski definition) is 1. The van der Waals surface area contributed by atoms with E-state index in [0.717, 1.165) is 25.2 Å². The maximum atomic E-state index is 5.83. The van der Waals surface area contributed by atoms with Crippen molar-refractivity contribution in [2.45, 2.75) is 52.9 Å². The fourth-order valence-corrected chi connectivity index (χ4v) is 1.98. The fourth-order valence-electron chi connectivity index (χ4n) is 1.98. The van der Waals surface area contributed by atoms with Crippen molar-refractivity contribution in [3.63, 3.8) is 0 Å². The predicted octanol–water partition coefficient (Wildman–Crippen LogP) is 5.00. The van der Waals surface area contributed by atoms with E-state index < -0.39 is 0 Å². The highest BCUT2D eigenvalue weighted by atomic mass is 16.5. The highest BCUT2D eigenvalue weighted by Crippen LogP contribution is 2.24. The Hall–Kier alpha value is -0.980. The van der Waals surface area contributed by atoms with Crippen LogP contribution in [0.15, 0.2) is 18.2 Å². The molecule has 0 saturated carbocycles. The molecule has 1 heteroatoms. The van der Waals surface area contributed by atoms with Crippen molar-refractivity contribution in [2.75, 3.05) is 6.61 Å². The Balaban J connectivity index is 2.84. The molecule has 1 atom stereocenters. The molecule has 18 heavy (non-hydrogen) atoms. The molecule has 0 aromatic heterocycles. The lowest BCUT2D eigenvalue weighted by Crippen LogP contribution is -2.01. The average Bonchev–Trinajstić information content (AvgIpc) is 2.28. The minimum absolute atomic E-state index is 0.311. The summed E-state index contributed by atoms with van der Waals surface area (Å²) >= 11 is 0. The monoisotopic (exact) mass is 247 g/mol. The van der Waals surface area contributed by atoms with Gasteiger partial charge in [-0.15, -0.1) is 0 Å². The summed E-state index contributed by atoms with van der Waals surface area (Å²) in [6.07, 6.45) is 3.39. The molecule has 1 radical (unpaired) electrons. The second kappa shape index (κ2) is 7.45. The summed E-state index contributed by atoms with van der Waals surface area (Å²) in [4.78, 5) is 0. The van der Waals surface area contributed by atoms with Gasteiger partial charge < -0.3 is 4.74 Å². The van der Waals surface area contributed by atoms with Crippen LogP contribution in [-0.2, 0) is 6.42 Å². The van der Waals surface area contributed by atoms with E-state index >= 15 is 0 Å². The lowest BCUT2D eigenvalue weighted by atomic mass is 9.96. The van der Waals surface area contributed by atoms with Crippen LogP contribution >= 0.6 is 0 Å². The summed E-state index contributed by atoms with van der Waals surface area (Å²) in [6, 6.07) is 6.59. The van der Waals surface area contributed by atoms with E-state index in [9.17, 15) is 0 Å². The molecule has 0 aliphatic carbocycles. The maximum absolute atomic E-state index is 5.83. The van der Waals surface area contributed by atoms with E-state index in [2.05, 4.69) is 52.8 Å². The number of rotatable bonds is 7. The molecule has 1 rings (SSSR count). The number of benzene rings is 1. The van der Waals surface area contributed by atoms with Gasteiger partial charge in [0.25, 0.3) is 0 Å². The van der Waals surface area contributed by atoms with E-state index in [0.29, 0.717) is 11.8 Å². The van der Waals surface area contributed by atoms with E-state index in [1.807, 2.05) is 0 Å². The van der Waals surface area contributed by atoms with E-state index in [-0.39, 0.29) is 0 Å². The fraction of sp³-hybridized carbons (Fsp3) is 0.588. The van der Waals surface area contributed by atoms with Gasteiger partial charge in [0, 0.05) is 0 Å². The first-order chi connectivity index (χ1) is 8.52. The Morgan fingerprint density at radius 3 is 2.44 bits per heavy atom. The smallest absolute Gasteiger partial charge is 0.119 e. The van der Waals surface area contributed by atoms with Gasteiger partial charge in [0.2, 0.25) is 0 Å². The van der Waals surface area contributed by atoms with Crippen molar-refractivity contribution < 1.29 is 4.74 Å². The molecular weight excluding hydrogens is 220 g/mol. The third-order valence-corrected chi connectivity index (χ3v) is 2.97. The lowest BCUT2D eigenvalue weighted by Gasteiger charge is -2.14. The second-order valence-electron chi connectivity index (χ2n) is 5.61. The Bertz CT molecular complexity index is 353. The van der Waals surface area contributed by atoms with Gasteiger partial charge in [0.05, 0.1) is 6.61 Å². The summed E-state index contributed by atoms with van der Waals surface area (Å²) in [5, 5.41) is 0. The molecule has 0 amide bonds. The zero-order valence-electron chi connectivity index (χ0n) is 12.3. The molecule has 0 heterocycles. The van der Waals surface area contributed by atoms with Crippen LogP contribution in [0.3, 0.4) is 0 Å². The zero-order chi connectivity index (χ0) is 13.5. The molecule has 0 spiro atoms.